The zero-order chi connectivity index (χ0) is 31.5. The molecular weight excluding hydrogens is 694 g/mol. The first-order chi connectivity index (χ1) is 21.7. The molecule has 0 spiro atoms. The zero-order valence-corrected chi connectivity index (χ0v) is 27.3. The second kappa shape index (κ2) is 13.6. The van der Waals surface area contributed by atoms with Crippen molar-refractivity contribution in [1.29, 1.82) is 0 Å². The van der Waals surface area contributed by atoms with Gasteiger partial charge in [0, 0.05) is 43.1 Å². The number of amides is 2. The summed E-state index contributed by atoms with van der Waals surface area (Å²) in [5.41, 5.74) is 3.59. The highest BCUT2D eigenvalue weighted by Gasteiger charge is 2.14. The lowest BCUT2D eigenvalue weighted by Crippen LogP contribution is -2.11. The summed E-state index contributed by atoms with van der Waals surface area (Å²) < 4.78 is 5.90. The molecule has 224 valence electrons. The number of nitrogens with zero attached hydrogens (tertiary/aromatic N) is 2. The number of anilines is 2. The highest BCUT2D eigenvalue weighted by molar-refractivity contribution is 7.14. The Morgan fingerprint density at radius 1 is 0.578 bits per heavy atom. The normalized spacial score (nSPS) is 10.8. The van der Waals surface area contributed by atoms with Crippen molar-refractivity contribution in [3.63, 3.8) is 0 Å². The molecule has 13 heteroatoms. The van der Waals surface area contributed by atoms with Gasteiger partial charge in [0.05, 0.1) is 21.4 Å². The minimum atomic E-state index is -0.316. The van der Waals surface area contributed by atoms with Crippen LogP contribution in [0.5, 0.6) is 11.5 Å². The Hall–Kier alpha value is -3.96. The molecule has 45 heavy (non-hydrogen) atoms. The third-order valence-corrected chi connectivity index (χ3v) is 8.94. The number of carbonyl (C=O) groups excluding carboxylic acids is 2. The molecule has 0 atom stereocenters. The lowest BCUT2D eigenvalue weighted by Gasteiger charge is -2.08. The Kier molecular flexibility index (Phi) is 9.37. The van der Waals surface area contributed by atoms with Crippen molar-refractivity contribution in [2.45, 2.75) is 0 Å². The third-order valence-electron chi connectivity index (χ3n) is 6.33. The first kappa shape index (κ1) is 31.0. The largest absolute Gasteiger partial charge is 0.457 e. The molecule has 0 aliphatic rings. The quantitative estimate of drug-likeness (QED) is 0.164. The Morgan fingerprint density at radius 3 is 1.36 bits per heavy atom. The fraction of sp³-hybridized carbons (Fsp3) is 0. The summed E-state index contributed by atoms with van der Waals surface area (Å²) in [5, 5.41) is 12.1. The number of halogens is 4. The van der Waals surface area contributed by atoms with Crippen LogP contribution in [-0.4, -0.2) is 21.8 Å². The third kappa shape index (κ3) is 7.48. The number of hydrogen-bond donors (Lipinski definition) is 2. The fourth-order valence-electron chi connectivity index (χ4n) is 4.13. The predicted molar refractivity (Wildman–Crippen MR) is 184 cm³/mol. The van der Waals surface area contributed by atoms with Crippen LogP contribution in [0, 0.1) is 0 Å². The summed E-state index contributed by atoms with van der Waals surface area (Å²) in [4.78, 5) is 34.5. The molecule has 2 heterocycles. The molecule has 0 aliphatic heterocycles. The molecule has 6 rings (SSSR count). The average molecular weight is 712 g/mol. The van der Waals surface area contributed by atoms with Crippen LogP contribution in [0.15, 0.2) is 95.7 Å². The highest BCUT2D eigenvalue weighted by Crippen LogP contribution is 2.34. The van der Waals surface area contributed by atoms with E-state index in [1.54, 1.807) is 84.9 Å². The Morgan fingerprint density at radius 2 is 0.978 bits per heavy atom. The van der Waals surface area contributed by atoms with Crippen molar-refractivity contribution >= 4 is 91.2 Å². The number of benzene rings is 4. The number of aromatic nitrogens is 2. The van der Waals surface area contributed by atoms with Gasteiger partial charge in [-0.25, -0.2) is 9.97 Å². The van der Waals surface area contributed by atoms with Gasteiger partial charge in [0.25, 0.3) is 11.8 Å². The van der Waals surface area contributed by atoms with Gasteiger partial charge < -0.3 is 4.74 Å². The van der Waals surface area contributed by atoms with Gasteiger partial charge in [-0.2, -0.15) is 0 Å². The van der Waals surface area contributed by atoms with E-state index >= 15 is 0 Å². The Labute approximate surface area is 285 Å². The van der Waals surface area contributed by atoms with E-state index < -0.39 is 0 Å². The maximum atomic E-state index is 12.8. The molecular formula is C32H18Cl4N4O3S2. The second-order valence-corrected chi connectivity index (χ2v) is 12.8. The number of hydrogen-bond acceptors (Lipinski definition) is 7. The molecule has 0 fully saturated rings. The van der Waals surface area contributed by atoms with Gasteiger partial charge in [0.1, 0.15) is 11.5 Å². The maximum Gasteiger partial charge on any atom is 0.257 e. The number of ether oxygens (including phenoxy) is 1. The first-order valence-corrected chi connectivity index (χ1v) is 16.3. The molecule has 2 amide bonds. The predicted octanol–water partition coefficient (Wildman–Crippen LogP) is 10.8. The SMILES string of the molecule is O=C(Nc1nc(-c2ccc(Cl)cc2Cl)cs1)c1ccc(Oc2ccc(C(=O)Nc3nc(-c4ccc(Cl)cc4Cl)cs3)cc2)cc1. The van der Waals surface area contributed by atoms with Crippen LogP contribution < -0.4 is 15.4 Å². The zero-order valence-electron chi connectivity index (χ0n) is 22.7. The van der Waals surface area contributed by atoms with Crippen LogP contribution >= 0.6 is 69.1 Å². The van der Waals surface area contributed by atoms with E-state index in [4.69, 9.17) is 51.1 Å². The minimum Gasteiger partial charge on any atom is -0.457 e. The average Bonchev–Trinajstić information content (AvgIpc) is 3.67. The molecule has 0 saturated heterocycles. The molecule has 4 aromatic carbocycles. The van der Waals surface area contributed by atoms with E-state index in [2.05, 4.69) is 20.6 Å². The van der Waals surface area contributed by atoms with Gasteiger partial charge in [0.15, 0.2) is 10.3 Å². The lowest BCUT2D eigenvalue weighted by atomic mass is 10.2. The summed E-state index contributed by atoms with van der Waals surface area (Å²) in [6, 6.07) is 23.6. The van der Waals surface area contributed by atoms with Crippen molar-refractivity contribution in [3.8, 4) is 34.0 Å². The van der Waals surface area contributed by atoms with Gasteiger partial charge in [0.2, 0.25) is 0 Å². The van der Waals surface area contributed by atoms with Crippen molar-refractivity contribution in [1.82, 2.24) is 9.97 Å². The molecule has 0 aliphatic carbocycles. The van der Waals surface area contributed by atoms with Crippen LogP contribution in [0.25, 0.3) is 22.5 Å². The maximum absolute atomic E-state index is 12.8. The van der Waals surface area contributed by atoms with Crippen LogP contribution in [-0.2, 0) is 0 Å². The van der Waals surface area contributed by atoms with E-state index in [9.17, 15) is 9.59 Å². The van der Waals surface area contributed by atoms with Gasteiger partial charge >= 0.3 is 0 Å². The van der Waals surface area contributed by atoms with Crippen molar-refractivity contribution < 1.29 is 14.3 Å². The fourth-order valence-corrected chi connectivity index (χ4v) is 6.55. The lowest BCUT2D eigenvalue weighted by molar-refractivity contribution is 0.101. The van der Waals surface area contributed by atoms with Crippen molar-refractivity contribution in [3.05, 3.63) is 127 Å². The molecule has 0 unspecified atom stereocenters. The van der Waals surface area contributed by atoms with Gasteiger partial charge in [-0.15, -0.1) is 22.7 Å². The van der Waals surface area contributed by atoms with E-state index in [0.29, 0.717) is 64.4 Å². The Bertz CT molecular complexity index is 1880. The summed E-state index contributed by atoms with van der Waals surface area (Å²) in [6.45, 7) is 0. The van der Waals surface area contributed by atoms with E-state index in [-0.39, 0.29) is 11.8 Å². The smallest absolute Gasteiger partial charge is 0.257 e. The minimum absolute atomic E-state index is 0.316. The number of nitrogens with one attached hydrogen (secondary N) is 2. The van der Waals surface area contributed by atoms with E-state index in [1.165, 1.54) is 22.7 Å². The molecule has 2 aromatic heterocycles. The van der Waals surface area contributed by atoms with Gasteiger partial charge in [-0.1, -0.05) is 46.4 Å². The summed E-state index contributed by atoms with van der Waals surface area (Å²) >= 11 is 27.1. The summed E-state index contributed by atoms with van der Waals surface area (Å²) in [5.74, 6) is 0.412. The second-order valence-electron chi connectivity index (χ2n) is 9.38. The van der Waals surface area contributed by atoms with Crippen molar-refractivity contribution in [2.24, 2.45) is 0 Å². The Balaban J connectivity index is 1.04. The van der Waals surface area contributed by atoms with E-state index in [0.717, 1.165) is 11.1 Å². The number of rotatable bonds is 8. The van der Waals surface area contributed by atoms with Crippen molar-refractivity contribution in [2.75, 3.05) is 10.6 Å². The summed E-state index contributed by atoms with van der Waals surface area (Å²) in [6.07, 6.45) is 0. The first-order valence-electron chi connectivity index (χ1n) is 13.0. The van der Waals surface area contributed by atoms with Crippen LogP contribution in [0.3, 0.4) is 0 Å². The van der Waals surface area contributed by atoms with E-state index in [1.807, 2.05) is 10.8 Å². The van der Waals surface area contributed by atoms with Gasteiger partial charge in [-0.05, 0) is 84.9 Å². The molecule has 6 aromatic rings. The van der Waals surface area contributed by atoms with Crippen LogP contribution in [0.4, 0.5) is 10.3 Å². The van der Waals surface area contributed by atoms with Gasteiger partial charge in [-0.3, -0.25) is 20.2 Å². The molecule has 0 bridgehead atoms. The standard InChI is InChI=1S/C32H18Cl4N4O3S2/c33-19-5-11-23(25(35)13-19)27-15-44-31(37-27)39-29(41)17-1-7-21(8-2-17)43-22-9-3-18(4-10-22)30(42)40-32-38-28(16-45-32)24-12-6-20(34)14-26(24)36/h1-16H,(H,37,39,41)(H,38,40,42). The summed E-state index contributed by atoms with van der Waals surface area (Å²) in [7, 11) is 0. The number of thiazole rings is 2. The highest BCUT2D eigenvalue weighted by atomic mass is 35.5. The van der Waals surface area contributed by atoms with Crippen LogP contribution in [0.1, 0.15) is 20.7 Å². The molecule has 0 saturated carbocycles. The molecule has 0 radical (unpaired) electrons. The molecule has 7 nitrogen and oxygen atoms in total. The molecule has 2 N–H and O–H groups in total. The van der Waals surface area contributed by atoms with Crippen LogP contribution in [0.2, 0.25) is 20.1 Å². The topological polar surface area (TPSA) is 93.2 Å². The monoisotopic (exact) mass is 710 g/mol. The number of carbonyl (C=O) groups is 2.